The Morgan fingerprint density at radius 3 is 2.04 bits per heavy atom. The van der Waals surface area contributed by atoms with Crippen LogP contribution in [0.4, 0.5) is 0 Å². The summed E-state index contributed by atoms with van der Waals surface area (Å²) in [5.41, 5.74) is 0.377. The molecule has 1 rings (SSSR count). The summed E-state index contributed by atoms with van der Waals surface area (Å²) in [5.74, 6) is 0. The number of hydrogen-bond donors (Lipinski definition) is 2. The molecule has 1 saturated carbocycles. The molecule has 0 saturated heterocycles. The first-order chi connectivity index (χ1) is 13.2. The molecule has 0 aromatic heterocycles. The summed E-state index contributed by atoms with van der Waals surface area (Å²) in [6, 6.07) is 0.327. The standard InChI is InChI=1S/C22H42N2O2S2/c1-6-8-10-12-25-19(27)23-17-22(5)15-18(14-21(3,4)16-22)24-20(28)26-13-11-9-7-2/h18H,6-17H2,1-5H3,(H,23,27)(H,24,28). The molecule has 6 heteroatoms. The van der Waals surface area contributed by atoms with Crippen LogP contribution in [0.15, 0.2) is 0 Å². The van der Waals surface area contributed by atoms with Crippen LogP contribution in [0.3, 0.4) is 0 Å². The number of rotatable bonds is 11. The van der Waals surface area contributed by atoms with E-state index < -0.39 is 0 Å². The summed E-state index contributed by atoms with van der Waals surface area (Å²) in [4.78, 5) is 0. The van der Waals surface area contributed by atoms with E-state index in [0.717, 1.165) is 38.6 Å². The van der Waals surface area contributed by atoms with Crippen molar-refractivity contribution in [3.8, 4) is 0 Å². The van der Waals surface area contributed by atoms with Crippen LogP contribution in [-0.2, 0) is 9.47 Å². The van der Waals surface area contributed by atoms with E-state index in [2.05, 4.69) is 45.3 Å². The van der Waals surface area contributed by atoms with Crippen LogP contribution in [0.25, 0.3) is 0 Å². The van der Waals surface area contributed by atoms with Crippen LogP contribution in [0.2, 0.25) is 0 Å². The minimum absolute atomic E-state index is 0.133. The van der Waals surface area contributed by atoms with Gasteiger partial charge in [0.25, 0.3) is 10.3 Å². The zero-order chi connectivity index (χ0) is 21.0. The van der Waals surface area contributed by atoms with E-state index in [1.54, 1.807) is 0 Å². The molecule has 4 nitrogen and oxygen atoms in total. The Balaban J connectivity index is 2.47. The van der Waals surface area contributed by atoms with Crippen molar-refractivity contribution in [1.29, 1.82) is 0 Å². The van der Waals surface area contributed by atoms with Gasteiger partial charge in [0.1, 0.15) is 0 Å². The fourth-order valence-corrected chi connectivity index (χ4v) is 4.85. The normalized spacial score (nSPS) is 23.7. The molecule has 2 unspecified atom stereocenters. The van der Waals surface area contributed by atoms with Crippen molar-refractivity contribution in [3.63, 3.8) is 0 Å². The molecule has 28 heavy (non-hydrogen) atoms. The van der Waals surface area contributed by atoms with E-state index in [1.165, 1.54) is 25.7 Å². The summed E-state index contributed by atoms with van der Waals surface area (Å²) >= 11 is 10.8. The Morgan fingerprint density at radius 2 is 1.46 bits per heavy atom. The van der Waals surface area contributed by atoms with Crippen LogP contribution in [0.1, 0.15) is 92.4 Å². The highest BCUT2D eigenvalue weighted by atomic mass is 32.1. The highest BCUT2D eigenvalue weighted by molar-refractivity contribution is 7.80. The zero-order valence-electron chi connectivity index (χ0n) is 18.7. The summed E-state index contributed by atoms with van der Waals surface area (Å²) < 4.78 is 11.4. The Hall–Kier alpha value is -0.620. The van der Waals surface area contributed by atoms with Crippen LogP contribution < -0.4 is 10.6 Å². The largest absolute Gasteiger partial charge is 0.471 e. The monoisotopic (exact) mass is 430 g/mol. The molecule has 1 fully saturated rings. The number of hydrogen-bond acceptors (Lipinski definition) is 4. The van der Waals surface area contributed by atoms with Crippen LogP contribution in [0.5, 0.6) is 0 Å². The van der Waals surface area contributed by atoms with E-state index in [1.807, 2.05) is 0 Å². The molecule has 0 spiro atoms. The Kier molecular flexibility index (Phi) is 11.7. The fraction of sp³-hybridized carbons (Fsp3) is 0.909. The number of nitrogens with one attached hydrogen (secondary N) is 2. The molecule has 0 amide bonds. The van der Waals surface area contributed by atoms with Gasteiger partial charge in [0, 0.05) is 12.6 Å². The Bertz CT molecular complexity index is 485. The highest BCUT2D eigenvalue weighted by Gasteiger charge is 2.41. The molecule has 0 radical (unpaired) electrons. The fourth-order valence-electron chi connectivity index (χ4n) is 4.45. The molecular formula is C22H42N2O2S2. The van der Waals surface area contributed by atoms with Gasteiger partial charge < -0.3 is 20.1 Å². The minimum atomic E-state index is 0.133. The number of ether oxygens (including phenoxy) is 2. The van der Waals surface area contributed by atoms with E-state index in [4.69, 9.17) is 33.9 Å². The van der Waals surface area contributed by atoms with Gasteiger partial charge in [-0.1, -0.05) is 60.3 Å². The van der Waals surface area contributed by atoms with Gasteiger partial charge in [-0.3, -0.25) is 0 Å². The van der Waals surface area contributed by atoms with Crippen LogP contribution in [-0.4, -0.2) is 36.1 Å². The van der Waals surface area contributed by atoms with Crippen molar-refractivity contribution in [1.82, 2.24) is 10.6 Å². The van der Waals surface area contributed by atoms with Crippen LogP contribution >= 0.6 is 24.4 Å². The minimum Gasteiger partial charge on any atom is -0.471 e. The maximum absolute atomic E-state index is 5.71. The third-order valence-electron chi connectivity index (χ3n) is 5.39. The van der Waals surface area contributed by atoms with Crippen molar-refractivity contribution >= 4 is 34.8 Å². The average molecular weight is 431 g/mol. The van der Waals surface area contributed by atoms with Gasteiger partial charge in [0.2, 0.25) is 0 Å². The predicted octanol–water partition coefficient (Wildman–Crippen LogP) is 5.73. The molecule has 0 heterocycles. The molecular weight excluding hydrogens is 388 g/mol. The van der Waals surface area contributed by atoms with Crippen molar-refractivity contribution in [3.05, 3.63) is 0 Å². The van der Waals surface area contributed by atoms with Crippen molar-refractivity contribution in [2.45, 2.75) is 98.4 Å². The van der Waals surface area contributed by atoms with E-state index in [-0.39, 0.29) is 10.8 Å². The lowest BCUT2D eigenvalue weighted by atomic mass is 9.62. The lowest BCUT2D eigenvalue weighted by molar-refractivity contribution is 0.0765. The molecule has 1 aliphatic rings. The van der Waals surface area contributed by atoms with Crippen molar-refractivity contribution in [2.75, 3.05) is 19.8 Å². The van der Waals surface area contributed by atoms with Crippen molar-refractivity contribution in [2.24, 2.45) is 10.8 Å². The molecule has 2 atom stereocenters. The molecule has 164 valence electrons. The summed E-state index contributed by atoms with van der Waals surface area (Å²) in [7, 11) is 0. The second-order valence-electron chi connectivity index (χ2n) is 9.44. The summed E-state index contributed by atoms with van der Waals surface area (Å²) in [6.45, 7) is 13.6. The van der Waals surface area contributed by atoms with E-state index >= 15 is 0 Å². The van der Waals surface area contributed by atoms with E-state index in [0.29, 0.717) is 29.6 Å². The lowest BCUT2D eigenvalue weighted by Gasteiger charge is -2.47. The first-order valence-electron chi connectivity index (χ1n) is 11.0. The first kappa shape index (κ1) is 25.4. The predicted molar refractivity (Wildman–Crippen MR) is 127 cm³/mol. The molecule has 0 bridgehead atoms. The average Bonchev–Trinajstić information content (AvgIpc) is 2.59. The SMILES string of the molecule is CCCCCOC(=S)NCC1(C)CC(NC(=S)OCCCCC)CC(C)(C)C1. The second-order valence-corrected chi connectivity index (χ2v) is 10.2. The zero-order valence-corrected chi connectivity index (χ0v) is 20.3. The first-order valence-corrected chi connectivity index (χ1v) is 11.9. The Morgan fingerprint density at radius 1 is 0.893 bits per heavy atom. The Labute approximate surface area is 183 Å². The van der Waals surface area contributed by atoms with Gasteiger partial charge in [0.15, 0.2) is 0 Å². The quantitative estimate of drug-likeness (QED) is 0.322. The second kappa shape index (κ2) is 12.8. The lowest BCUT2D eigenvalue weighted by Crippen LogP contribution is -2.50. The molecule has 1 aliphatic carbocycles. The third-order valence-corrected chi connectivity index (χ3v) is 5.88. The molecule has 0 aromatic carbocycles. The maximum atomic E-state index is 5.71. The smallest absolute Gasteiger partial charge is 0.256 e. The molecule has 2 N–H and O–H groups in total. The van der Waals surface area contributed by atoms with Crippen molar-refractivity contribution < 1.29 is 9.47 Å². The van der Waals surface area contributed by atoms with Gasteiger partial charge in [-0.05, 0) is 67.4 Å². The van der Waals surface area contributed by atoms with Gasteiger partial charge in [-0.15, -0.1) is 0 Å². The number of thiocarbonyl (C=S) groups is 2. The summed E-state index contributed by atoms with van der Waals surface area (Å²) in [5, 5.41) is 7.88. The maximum Gasteiger partial charge on any atom is 0.256 e. The van der Waals surface area contributed by atoms with Gasteiger partial charge >= 0.3 is 0 Å². The summed E-state index contributed by atoms with van der Waals surface area (Å²) in [6.07, 6.45) is 10.2. The highest BCUT2D eigenvalue weighted by Crippen LogP contribution is 2.45. The molecule has 0 aromatic rings. The third kappa shape index (κ3) is 10.8. The van der Waals surface area contributed by atoms with Crippen LogP contribution in [0, 0.1) is 10.8 Å². The van der Waals surface area contributed by atoms with E-state index in [9.17, 15) is 0 Å². The number of unbranched alkanes of at least 4 members (excludes halogenated alkanes) is 4. The van der Waals surface area contributed by atoms with Gasteiger partial charge in [0.05, 0.1) is 13.2 Å². The van der Waals surface area contributed by atoms with Gasteiger partial charge in [-0.2, -0.15) is 0 Å². The topological polar surface area (TPSA) is 42.5 Å². The van der Waals surface area contributed by atoms with Gasteiger partial charge in [-0.25, -0.2) is 0 Å². The molecule has 0 aliphatic heterocycles.